The van der Waals surface area contributed by atoms with E-state index in [1.165, 1.54) is 0 Å². The maximum absolute atomic E-state index is 12.1. The fourth-order valence-corrected chi connectivity index (χ4v) is 2.71. The Morgan fingerprint density at radius 3 is 2.83 bits per heavy atom. The monoisotopic (exact) mass is 322 g/mol. The number of hydrogen-bond donors (Lipinski definition) is 0. The van der Waals surface area contributed by atoms with Gasteiger partial charge in [-0.05, 0) is 19.4 Å². The Bertz CT molecular complexity index is 529. The summed E-state index contributed by atoms with van der Waals surface area (Å²) in [6.07, 6.45) is -1.45. The van der Waals surface area contributed by atoms with E-state index in [-0.39, 0.29) is 25.3 Å². The first-order valence-electron chi connectivity index (χ1n) is 7.74. The Morgan fingerprint density at radius 1 is 1.26 bits per heavy atom. The SMILES string of the molecule is CC1(C)OC[C@H]2OCC(=O)[C@@H](OCOCc3ccccc3)[C@@H]2O1. The highest BCUT2D eigenvalue weighted by atomic mass is 16.7. The Kier molecular flexibility index (Phi) is 5.08. The summed E-state index contributed by atoms with van der Waals surface area (Å²) in [4.78, 5) is 12.1. The molecule has 6 nitrogen and oxygen atoms in total. The van der Waals surface area contributed by atoms with Crippen molar-refractivity contribution in [1.29, 1.82) is 0 Å². The maximum Gasteiger partial charge on any atom is 0.189 e. The van der Waals surface area contributed by atoms with Gasteiger partial charge in [-0.3, -0.25) is 4.79 Å². The second-order valence-corrected chi connectivity index (χ2v) is 6.15. The first kappa shape index (κ1) is 16.5. The van der Waals surface area contributed by atoms with Crippen LogP contribution in [0.15, 0.2) is 30.3 Å². The fourth-order valence-electron chi connectivity index (χ4n) is 2.71. The molecule has 6 heteroatoms. The maximum atomic E-state index is 12.1. The molecule has 2 fully saturated rings. The van der Waals surface area contributed by atoms with Gasteiger partial charge in [0.1, 0.15) is 31.7 Å². The average molecular weight is 322 g/mol. The summed E-state index contributed by atoms with van der Waals surface area (Å²) in [5.74, 6) is -0.887. The van der Waals surface area contributed by atoms with Crippen LogP contribution in [0.1, 0.15) is 19.4 Å². The molecule has 3 atom stereocenters. The molecule has 0 spiro atoms. The minimum absolute atomic E-state index is 0.0116. The number of carbonyl (C=O) groups excluding carboxylic acids is 1. The van der Waals surface area contributed by atoms with Crippen LogP contribution in [0.25, 0.3) is 0 Å². The number of Topliss-reactive ketones (excluding diaryl/α,β-unsaturated/α-hetero) is 1. The van der Waals surface area contributed by atoms with Crippen LogP contribution < -0.4 is 0 Å². The summed E-state index contributed by atoms with van der Waals surface area (Å²) in [5.41, 5.74) is 1.05. The van der Waals surface area contributed by atoms with E-state index in [1.807, 2.05) is 44.2 Å². The lowest BCUT2D eigenvalue weighted by Gasteiger charge is -2.45. The van der Waals surface area contributed by atoms with Crippen LogP contribution in [0, 0.1) is 0 Å². The zero-order valence-corrected chi connectivity index (χ0v) is 13.4. The second-order valence-electron chi connectivity index (χ2n) is 6.15. The Morgan fingerprint density at radius 2 is 2.04 bits per heavy atom. The number of hydrogen-bond acceptors (Lipinski definition) is 6. The highest BCUT2D eigenvalue weighted by Crippen LogP contribution is 2.30. The second kappa shape index (κ2) is 7.07. The van der Waals surface area contributed by atoms with Crippen molar-refractivity contribution in [2.75, 3.05) is 20.0 Å². The first-order valence-corrected chi connectivity index (χ1v) is 7.74. The van der Waals surface area contributed by atoms with Crippen molar-refractivity contribution < 1.29 is 28.5 Å². The highest BCUT2D eigenvalue weighted by molar-refractivity contribution is 5.85. The van der Waals surface area contributed by atoms with Gasteiger partial charge >= 0.3 is 0 Å². The Labute approximate surface area is 135 Å². The molecule has 2 saturated heterocycles. The molecule has 0 saturated carbocycles. The van der Waals surface area contributed by atoms with E-state index in [1.54, 1.807) is 0 Å². The molecule has 0 bridgehead atoms. The van der Waals surface area contributed by atoms with Gasteiger partial charge in [-0.2, -0.15) is 0 Å². The van der Waals surface area contributed by atoms with E-state index in [9.17, 15) is 4.79 Å². The molecule has 3 rings (SSSR count). The predicted molar refractivity (Wildman–Crippen MR) is 80.6 cm³/mol. The van der Waals surface area contributed by atoms with Crippen LogP contribution in [-0.4, -0.2) is 49.9 Å². The van der Waals surface area contributed by atoms with Gasteiger partial charge < -0.3 is 23.7 Å². The third kappa shape index (κ3) is 4.16. The number of ether oxygens (including phenoxy) is 5. The summed E-state index contributed by atoms with van der Waals surface area (Å²) in [6, 6.07) is 9.79. The molecule has 2 aliphatic heterocycles. The van der Waals surface area contributed by atoms with Crippen LogP contribution in [0.2, 0.25) is 0 Å². The molecule has 126 valence electrons. The standard InChI is InChI=1S/C17H22O6/c1-17(2)22-10-14-16(23-17)15(13(18)9-20-14)21-11-19-8-12-6-4-3-5-7-12/h3-7,14-16H,8-11H2,1-2H3/t14-,15-,16-/m1/s1. The van der Waals surface area contributed by atoms with E-state index < -0.39 is 18.0 Å². The lowest BCUT2D eigenvalue weighted by molar-refractivity contribution is -0.334. The number of benzene rings is 1. The number of fused-ring (bicyclic) bond motifs is 1. The van der Waals surface area contributed by atoms with Gasteiger partial charge in [0.15, 0.2) is 11.6 Å². The Balaban J connectivity index is 1.53. The van der Waals surface area contributed by atoms with Crippen molar-refractivity contribution >= 4 is 5.78 Å². The molecular weight excluding hydrogens is 300 g/mol. The van der Waals surface area contributed by atoms with Crippen molar-refractivity contribution in [3.05, 3.63) is 35.9 Å². The topological polar surface area (TPSA) is 63.2 Å². The summed E-state index contributed by atoms with van der Waals surface area (Å²) in [6.45, 7) is 4.48. The summed E-state index contributed by atoms with van der Waals surface area (Å²) < 4.78 is 28.0. The zero-order valence-electron chi connectivity index (χ0n) is 13.4. The molecule has 1 aromatic carbocycles. The molecule has 0 unspecified atom stereocenters. The van der Waals surface area contributed by atoms with Crippen LogP contribution in [0.3, 0.4) is 0 Å². The minimum Gasteiger partial charge on any atom is -0.365 e. The van der Waals surface area contributed by atoms with Gasteiger partial charge in [0.2, 0.25) is 0 Å². The lowest BCUT2D eigenvalue weighted by atomic mass is 9.99. The normalized spacial score (nSPS) is 30.0. The van der Waals surface area contributed by atoms with Crippen LogP contribution in [-0.2, 0) is 35.1 Å². The third-order valence-corrected chi connectivity index (χ3v) is 3.88. The largest absolute Gasteiger partial charge is 0.365 e. The fraction of sp³-hybridized carbons (Fsp3) is 0.588. The molecule has 0 amide bonds. The van der Waals surface area contributed by atoms with E-state index >= 15 is 0 Å². The quantitative estimate of drug-likeness (QED) is 0.607. The van der Waals surface area contributed by atoms with Gasteiger partial charge in [-0.15, -0.1) is 0 Å². The molecule has 23 heavy (non-hydrogen) atoms. The molecule has 2 heterocycles. The van der Waals surface area contributed by atoms with E-state index in [0.29, 0.717) is 13.2 Å². The summed E-state index contributed by atoms with van der Waals surface area (Å²) in [7, 11) is 0. The lowest BCUT2D eigenvalue weighted by Crippen LogP contribution is -2.61. The molecule has 0 radical (unpaired) electrons. The van der Waals surface area contributed by atoms with E-state index in [4.69, 9.17) is 23.7 Å². The van der Waals surface area contributed by atoms with Crippen molar-refractivity contribution in [1.82, 2.24) is 0 Å². The molecule has 0 aliphatic carbocycles. The van der Waals surface area contributed by atoms with Crippen molar-refractivity contribution in [2.24, 2.45) is 0 Å². The molecule has 0 N–H and O–H groups in total. The average Bonchev–Trinajstić information content (AvgIpc) is 2.53. The van der Waals surface area contributed by atoms with Gasteiger partial charge in [0.25, 0.3) is 0 Å². The molecular formula is C17H22O6. The molecule has 1 aromatic rings. The summed E-state index contributed by atoms with van der Waals surface area (Å²) >= 11 is 0. The van der Waals surface area contributed by atoms with Crippen molar-refractivity contribution in [2.45, 2.75) is 44.6 Å². The highest BCUT2D eigenvalue weighted by Gasteiger charge is 2.47. The number of rotatable bonds is 5. The van der Waals surface area contributed by atoms with Crippen LogP contribution >= 0.6 is 0 Å². The van der Waals surface area contributed by atoms with Gasteiger partial charge in [-0.1, -0.05) is 30.3 Å². The zero-order chi connectivity index (χ0) is 16.3. The molecule has 2 aliphatic rings. The van der Waals surface area contributed by atoms with Crippen molar-refractivity contribution in [3.8, 4) is 0 Å². The van der Waals surface area contributed by atoms with Gasteiger partial charge in [0, 0.05) is 0 Å². The van der Waals surface area contributed by atoms with Crippen LogP contribution in [0.4, 0.5) is 0 Å². The summed E-state index contributed by atoms with van der Waals surface area (Å²) in [5, 5.41) is 0. The Hall–Kier alpha value is -1.31. The van der Waals surface area contributed by atoms with Crippen LogP contribution in [0.5, 0.6) is 0 Å². The molecule has 0 aromatic heterocycles. The number of ketones is 1. The van der Waals surface area contributed by atoms with Gasteiger partial charge in [0.05, 0.1) is 13.2 Å². The van der Waals surface area contributed by atoms with Gasteiger partial charge in [-0.25, -0.2) is 0 Å². The van der Waals surface area contributed by atoms with E-state index in [2.05, 4.69) is 0 Å². The minimum atomic E-state index is -0.755. The third-order valence-electron chi connectivity index (χ3n) is 3.88. The first-order chi connectivity index (χ1) is 11.1. The van der Waals surface area contributed by atoms with E-state index in [0.717, 1.165) is 5.56 Å². The smallest absolute Gasteiger partial charge is 0.189 e. The number of carbonyl (C=O) groups is 1. The van der Waals surface area contributed by atoms with Crippen molar-refractivity contribution in [3.63, 3.8) is 0 Å². The predicted octanol–water partition coefficient (Wildman–Crippen LogP) is 1.67.